The summed E-state index contributed by atoms with van der Waals surface area (Å²) in [6.45, 7) is 4.23. The maximum Gasteiger partial charge on any atom is 0.309 e. The number of carbonyl (C=O) groups is 1. The SMILES string of the molecule is CC1(C(=O)O)CCCC2(C)C1CCC13CCC(CC21)C(CS(=O)C#N)C3O. The number of aliphatic carboxylic acids is 1. The first kappa shape index (κ1) is 19.4. The van der Waals surface area contributed by atoms with Gasteiger partial charge in [0.05, 0.1) is 11.5 Å². The van der Waals surface area contributed by atoms with Gasteiger partial charge in [0.25, 0.3) is 0 Å². The number of nitrogens with zero attached hydrogens (tertiary/aromatic N) is 1. The predicted octanol–water partition coefficient (Wildman–Crippen LogP) is 3.30. The first-order chi connectivity index (χ1) is 12.7. The molecule has 5 saturated carbocycles. The van der Waals surface area contributed by atoms with E-state index in [-0.39, 0.29) is 28.4 Å². The molecule has 9 atom stereocenters. The lowest BCUT2D eigenvalue weighted by Gasteiger charge is -2.69. The molecule has 0 aromatic rings. The lowest BCUT2D eigenvalue weighted by atomic mass is 9.35. The summed E-state index contributed by atoms with van der Waals surface area (Å²) < 4.78 is 11.9. The van der Waals surface area contributed by atoms with Gasteiger partial charge in [-0.25, -0.2) is 4.21 Å². The van der Waals surface area contributed by atoms with E-state index in [9.17, 15) is 19.2 Å². The van der Waals surface area contributed by atoms with Gasteiger partial charge in [-0.15, -0.1) is 0 Å². The third kappa shape index (κ3) is 2.50. The highest BCUT2D eigenvalue weighted by atomic mass is 32.2. The first-order valence-corrected chi connectivity index (χ1v) is 11.7. The minimum Gasteiger partial charge on any atom is -0.481 e. The van der Waals surface area contributed by atoms with Crippen LogP contribution < -0.4 is 0 Å². The highest BCUT2D eigenvalue weighted by Gasteiger charge is 2.68. The van der Waals surface area contributed by atoms with Crippen molar-refractivity contribution in [3.05, 3.63) is 0 Å². The molecule has 6 heteroatoms. The molecular weight excluding hydrogens is 362 g/mol. The van der Waals surface area contributed by atoms with Crippen molar-refractivity contribution in [2.45, 2.75) is 71.3 Å². The summed E-state index contributed by atoms with van der Waals surface area (Å²) >= 11 is 0. The van der Waals surface area contributed by atoms with Gasteiger partial charge in [0.15, 0.2) is 5.40 Å². The number of fused-ring (bicyclic) bond motifs is 3. The maximum absolute atomic E-state index is 12.1. The van der Waals surface area contributed by atoms with Crippen LogP contribution in [0.15, 0.2) is 0 Å². The second-order valence-corrected chi connectivity index (χ2v) is 11.4. The van der Waals surface area contributed by atoms with E-state index >= 15 is 0 Å². The Balaban J connectivity index is 1.70. The molecule has 150 valence electrons. The van der Waals surface area contributed by atoms with Crippen molar-refractivity contribution in [1.29, 1.82) is 5.26 Å². The molecule has 5 nitrogen and oxygen atoms in total. The number of thiocyanates is 1. The van der Waals surface area contributed by atoms with Crippen LogP contribution in [0.1, 0.15) is 65.2 Å². The van der Waals surface area contributed by atoms with E-state index in [1.807, 2.05) is 12.3 Å². The largest absolute Gasteiger partial charge is 0.481 e. The van der Waals surface area contributed by atoms with E-state index in [0.29, 0.717) is 11.8 Å². The molecule has 0 aromatic heterocycles. The van der Waals surface area contributed by atoms with Gasteiger partial charge in [-0.2, -0.15) is 5.26 Å². The van der Waals surface area contributed by atoms with Crippen LogP contribution in [0.25, 0.3) is 0 Å². The van der Waals surface area contributed by atoms with E-state index in [4.69, 9.17) is 5.26 Å². The number of nitriles is 1. The lowest BCUT2D eigenvalue weighted by molar-refractivity contribution is -0.241. The molecule has 2 N–H and O–H groups in total. The van der Waals surface area contributed by atoms with Gasteiger partial charge >= 0.3 is 5.97 Å². The third-order valence-electron chi connectivity index (χ3n) is 9.42. The van der Waals surface area contributed by atoms with Crippen molar-refractivity contribution in [2.75, 3.05) is 5.75 Å². The number of carboxylic acid groups (broad SMARTS) is 1. The summed E-state index contributed by atoms with van der Waals surface area (Å²) in [6.07, 6.45) is 6.96. The number of hydrogen-bond acceptors (Lipinski definition) is 4. The van der Waals surface area contributed by atoms with E-state index in [1.54, 1.807) is 0 Å². The van der Waals surface area contributed by atoms with Crippen molar-refractivity contribution in [2.24, 2.45) is 39.9 Å². The Bertz CT molecular complexity index is 719. The Kier molecular flexibility index (Phi) is 4.51. The minimum absolute atomic E-state index is 0.0509. The fraction of sp³-hybridized carbons (Fsp3) is 0.905. The Hall–Kier alpha value is -0.930. The Morgan fingerprint density at radius 1 is 1.19 bits per heavy atom. The molecule has 1 spiro atoms. The summed E-state index contributed by atoms with van der Waals surface area (Å²) in [6, 6.07) is 0. The number of rotatable bonds is 3. The summed E-state index contributed by atoms with van der Waals surface area (Å²) in [5.74, 6) is 0.360. The van der Waals surface area contributed by atoms with Crippen molar-refractivity contribution in [1.82, 2.24) is 0 Å². The summed E-state index contributed by atoms with van der Waals surface area (Å²) in [4.78, 5) is 12.1. The first-order valence-electron chi connectivity index (χ1n) is 10.4. The molecule has 5 aliphatic rings. The Labute approximate surface area is 164 Å². The van der Waals surface area contributed by atoms with E-state index in [1.165, 1.54) is 0 Å². The van der Waals surface area contributed by atoms with Crippen LogP contribution in [0.4, 0.5) is 0 Å². The highest BCUT2D eigenvalue weighted by Crippen LogP contribution is 2.72. The molecule has 2 bridgehead atoms. The van der Waals surface area contributed by atoms with Crippen molar-refractivity contribution < 1.29 is 19.2 Å². The van der Waals surface area contributed by atoms with Gasteiger partial charge < -0.3 is 10.2 Å². The van der Waals surface area contributed by atoms with Crippen molar-refractivity contribution in [3.8, 4) is 5.40 Å². The monoisotopic (exact) mass is 393 g/mol. The standard InChI is InChI=1S/C21H31NO4S/c1-19-6-3-7-20(2,18(24)25)15(19)5-9-21-8-4-13(10-16(19)21)14(17(21)23)11-27(26)12-22/h13-17,23H,3-11H2,1-2H3,(H,24,25). The summed E-state index contributed by atoms with van der Waals surface area (Å²) in [5.41, 5.74) is -0.901. The van der Waals surface area contributed by atoms with Crippen LogP contribution in [0.5, 0.6) is 0 Å². The van der Waals surface area contributed by atoms with E-state index in [0.717, 1.165) is 51.4 Å². The van der Waals surface area contributed by atoms with Crippen molar-refractivity contribution in [3.63, 3.8) is 0 Å². The van der Waals surface area contributed by atoms with Gasteiger partial charge in [0.1, 0.15) is 10.8 Å². The molecule has 5 aliphatic carbocycles. The highest BCUT2D eigenvalue weighted by molar-refractivity contribution is 7.89. The molecule has 5 rings (SSSR count). The number of carboxylic acids is 1. The third-order valence-corrected chi connectivity index (χ3v) is 10.3. The molecule has 0 amide bonds. The van der Waals surface area contributed by atoms with Crippen LogP contribution in [0.3, 0.4) is 0 Å². The summed E-state index contributed by atoms with van der Waals surface area (Å²) in [7, 11) is -1.53. The van der Waals surface area contributed by atoms with Gasteiger partial charge in [-0.1, -0.05) is 13.3 Å². The molecular formula is C21H31NO4S. The number of aliphatic hydroxyl groups is 1. The molecule has 0 radical (unpaired) electrons. The van der Waals surface area contributed by atoms with Crippen LogP contribution in [-0.4, -0.2) is 32.2 Å². The normalized spacial score (nSPS) is 52.3. The average molecular weight is 394 g/mol. The zero-order valence-electron chi connectivity index (χ0n) is 16.3. The lowest BCUT2D eigenvalue weighted by Crippen LogP contribution is -2.67. The van der Waals surface area contributed by atoms with Crippen LogP contribution in [0.2, 0.25) is 0 Å². The molecule has 5 fully saturated rings. The molecule has 27 heavy (non-hydrogen) atoms. The van der Waals surface area contributed by atoms with Gasteiger partial charge in [0, 0.05) is 11.7 Å². The van der Waals surface area contributed by atoms with Gasteiger partial charge in [-0.3, -0.25) is 4.79 Å². The fourth-order valence-electron chi connectivity index (χ4n) is 8.17. The topological polar surface area (TPSA) is 98.4 Å². The van der Waals surface area contributed by atoms with Gasteiger partial charge in [-0.05, 0) is 80.5 Å². The van der Waals surface area contributed by atoms with E-state index < -0.39 is 28.3 Å². The van der Waals surface area contributed by atoms with Crippen LogP contribution in [0, 0.1) is 50.6 Å². The van der Waals surface area contributed by atoms with Gasteiger partial charge in [0.2, 0.25) is 0 Å². The Morgan fingerprint density at radius 3 is 2.56 bits per heavy atom. The molecule has 0 saturated heterocycles. The quantitative estimate of drug-likeness (QED) is 0.717. The number of aliphatic hydroxyl groups excluding tert-OH is 1. The number of hydrogen-bond donors (Lipinski definition) is 2. The second kappa shape index (κ2) is 6.29. The second-order valence-electron chi connectivity index (χ2n) is 10.2. The molecule has 0 aliphatic heterocycles. The smallest absolute Gasteiger partial charge is 0.309 e. The van der Waals surface area contributed by atoms with E-state index in [2.05, 4.69) is 6.92 Å². The zero-order chi connectivity index (χ0) is 19.6. The molecule has 0 heterocycles. The average Bonchev–Trinajstić information content (AvgIpc) is 2.64. The molecule has 9 unspecified atom stereocenters. The maximum atomic E-state index is 12.1. The van der Waals surface area contributed by atoms with Crippen LogP contribution >= 0.6 is 0 Å². The van der Waals surface area contributed by atoms with Crippen LogP contribution in [-0.2, 0) is 15.6 Å². The van der Waals surface area contributed by atoms with Crippen molar-refractivity contribution >= 4 is 16.8 Å². The zero-order valence-corrected chi connectivity index (χ0v) is 17.1. The minimum atomic E-state index is -1.53. The predicted molar refractivity (Wildman–Crippen MR) is 102 cm³/mol. The summed E-state index contributed by atoms with van der Waals surface area (Å²) in [5, 5.41) is 32.2. The fourth-order valence-corrected chi connectivity index (χ4v) is 9.05. The molecule has 0 aromatic carbocycles. The Morgan fingerprint density at radius 2 is 1.89 bits per heavy atom.